The molecule has 0 aromatic rings. The third-order valence-corrected chi connectivity index (χ3v) is 5.79. The number of hydrogen-bond donors (Lipinski definition) is 7. The van der Waals surface area contributed by atoms with Gasteiger partial charge in [0.2, 0.25) is 23.4 Å². The van der Waals surface area contributed by atoms with Crippen LogP contribution in [0.15, 0.2) is 0 Å². The van der Waals surface area contributed by atoms with Crippen molar-refractivity contribution in [3.8, 4) is 0 Å². The molecule has 0 aromatic heterocycles. The zero-order valence-corrected chi connectivity index (χ0v) is 19.3. The first-order chi connectivity index (χ1) is 15.4. The molecule has 2 fully saturated rings. The molecule has 6 atom stereocenters. The Balaban J connectivity index is 2.45. The highest BCUT2D eigenvalue weighted by Crippen LogP contribution is 2.16. The molecule has 0 aliphatic carbocycles. The van der Waals surface area contributed by atoms with E-state index < -0.39 is 83.7 Å². The van der Waals surface area contributed by atoms with Gasteiger partial charge in [-0.2, -0.15) is 0 Å². The molecule has 13 heteroatoms. The fourth-order valence-electron chi connectivity index (χ4n) is 3.42. The van der Waals surface area contributed by atoms with Crippen molar-refractivity contribution in [2.75, 3.05) is 6.61 Å². The van der Waals surface area contributed by atoms with Crippen LogP contribution in [0.4, 0.5) is 4.79 Å². The van der Waals surface area contributed by atoms with Crippen molar-refractivity contribution in [3.63, 3.8) is 0 Å². The van der Waals surface area contributed by atoms with E-state index in [9.17, 15) is 33.9 Å². The SMILES string of the molecule is CC[C@H](C)[C@@H]1NC(=O)C(CO)NC(=O)[C@H](C(C)C)NC(=O)NC2(NC2=O)N[C@@H](C)C(=O)C1=O. The summed E-state index contributed by atoms with van der Waals surface area (Å²) in [6, 6.07) is -5.86. The lowest BCUT2D eigenvalue weighted by molar-refractivity contribution is -0.141. The monoisotopic (exact) mass is 468 g/mol. The molecule has 184 valence electrons. The molecule has 0 aromatic carbocycles. The molecule has 5 amide bonds. The molecule has 13 nitrogen and oxygen atoms in total. The van der Waals surface area contributed by atoms with Gasteiger partial charge in [0.1, 0.15) is 12.1 Å². The Hall–Kier alpha value is -3.06. The molecule has 33 heavy (non-hydrogen) atoms. The third-order valence-electron chi connectivity index (χ3n) is 5.79. The standard InChI is InChI=1S/C20H32N6O7/c1-6-9(4)13-15(29)14(28)10(5)24-20(18(32)25-20)26-19(33)23-12(8(2)3)17(31)21-11(7-27)16(30)22-13/h8-13,24,27H,6-7H2,1-5H3,(H,21,31)(H,22,30)(H,25,32)(H2,23,26,33)/t9-,10-,11?,12-,13-,20?/m0/s1. The molecule has 2 aliphatic rings. The average molecular weight is 469 g/mol. The summed E-state index contributed by atoms with van der Waals surface area (Å²) in [6.07, 6.45) is 0.446. The number of rotatable bonds is 4. The van der Waals surface area contributed by atoms with Crippen LogP contribution in [0.3, 0.4) is 0 Å². The first-order valence-electron chi connectivity index (χ1n) is 10.9. The van der Waals surface area contributed by atoms with Crippen LogP contribution in [0.2, 0.25) is 0 Å². The number of carbonyl (C=O) groups excluding carboxylic acids is 6. The van der Waals surface area contributed by atoms with Gasteiger partial charge >= 0.3 is 6.03 Å². The first kappa shape index (κ1) is 26.2. The van der Waals surface area contributed by atoms with E-state index in [-0.39, 0.29) is 0 Å². The molecule has 2 heterocycles. The summed E-state index contributed by atoms with van der Waals surface area (Å²) in [5.74, 6) is -6.70. The largest absolute Gasteiger partial charge is 0.394 e. The van der Waals surface area contributed by atoms with E-state index >= 15 is 0 Å². The highest BCUT2D eigenvalue weighted by molar-refractivity contribution is 6.41. The normalized spacial score (nSPS) is 32.7. The van der Waals surface area contributed by atoms with E-state index in [4.69, 9.17) is 0 Å². The van der Waals surface area contributed by atoms with E-state index in [0.29, 0.717) is 6.42 Å². The third kappa shape index (κ3) is 5.85. The molecular weight excluding hydrogens is 436 g/mol. The van der Waals surface area contributed by atoms with Crippen LogP contribution in [0.1, 0.15) is 41.0 Å². The van der Waals surface area contributed by atoms with Crippen molar-refractivity contribution < 1.29 is 33.9 Å². The number of carbonyl (C=O) groups is 6. The molecule has 0 radical (unpaired) electrons. The lowest BCUT2D eigenvalue weighted by Gasteiger charge is -2.27. The summed E-state index contributed by atoms with van der Waals surface area (Å²) in [5, 5.41) is 24.2. The van der Waals surface area contributed by atoms with Crippen molar-refractivity contribution in [2.45, 2.75) is 71.0 Å². The first-order valence-corrected chi connectivity index (χ1v) is 10.9. The zero-order valence-electron chi connectivity index (χ0n) is 19.3. The van der Waals surface area contributed by atoms with Crippen molar-refractivity contribution >= 4 is 35.3 Å². The van der Waals surface area contributed by atoms with Gasteiger partial charge in [-0.15, -0.1) is 0 Å². The van der Waals surface area contributed by atoms with Gasteiger partial charge in [-0.1, -0.05) is 34.1 Å². The maximum atomic E-state index is 13.0. The van der Waals surface area contributed by atoms with Crippen molar-refractivity contribution in [3.05, 3.63) is 0 Å². The number of nitrogens with one attached hydrogen (secondary N) is 6. The number of aliphatic hydroxyl groups is 1. The number of amides is 5. The molecule has 2 aliphatic heterocycles. The molecule has 2 saturated heterocycles. The van der Waals surface area contributed by atoms with Gasteiger partial charge in [0, 0.05) is 0 Å². The van der Waals surface area contributed by atoms with Crippen LogP contribution in [0, 0.1) is 11.8 Å². The van der Waals surface area contributed by atoms with Gasteiger partial charge in [0.25, 0.3) is 11.7 Å². The van der Waals surface area contributed by atoms with Gasteiger partial charge in [-0.3, -0.25) is 34.6 Å². The topological polar surface area (TPSA) is 205 Å². The summed E-state index contributed by atoms with van der Waals surface area (Å²) >= 11 is 0. The van der Waals surface area contributed by atoms with Crippen LogP contribution in [0.5, 0.6) is 0 Å². The maximum absolute atomic E-state index is 13.0. The molecule has 7 N–H and O–H groups in total. The summed E-state index contributed by atoms with van der Waals surface area (Å²) in [6.45, 7) is 7.32. The van der Waals surface area contributed by atoms with Crippen LogP contribution >= 0.6 is 0 Å². The highest BCUT2D eigenvalue weighted by Gasteiger charge is 2.57. The fourth-order valence-corrected chi connectivity index (χ4v) is 3.42. The smallest absolute Gasteiger partial charge is 0.318 e. The van der Waals surface area contributed by atoms with Crippen molar-refractivity contribution in [1.29, 1.82) is 0 Å². The predicted molar refractivity (Wildman–Crippen MR) is 114 cm³/mol. The molecule has 2 unspecified atom stereocenters. The average Bonchev–Trinajstić information content (AvgIpc) is 3.38. The van der Waals surface area contributed by atoms with Crippen LogP contribution in [-0.4, -0.2) is 77.0 Å². The lowest BCUT2D eigenvalue weighted by Crippen LogP contribution is -2.62. The highest BCUT2D eigenvalue weighted by atomic mass is 16.3. The van der Waals surface area contributed by atoms with E-state index in [1.807, 2.05) is 0 Å². The van der Waals surface area contributed by atoms with Gasteiger partial charge in [0.05, 0.1) is 18.7 Å². The summed E-state index contributed by atoms with van der Waals surface area (Å²) in [4.78, 5) is 75.8. The molecular formula is C20H32N6O7. The predicted octanol–water partition coefficient (Wildman–Crippen LogP) is -2.77. The molecule has 1 spiro atoms. The zero-order chi connectivity index (χ0) is 25.1. The van der Waals surface area contributed by atoms with Crippen LogP contribution < -0.4 is 31.9 Å². The van der Waals surface area contributed by atoms with E-state index in [0.717, 1.165) is 0 Å². The van der Waals surface area contributed by atoms with E-state index in [1.54, 1.807) is 27.7 Å². The quantitative estimate of drug-likeness (QED) is 0.169. The Bertz CT molecular complexity index is 847. The number of ketones is 2. The van der Waals surface area contributed by atoms with Gasteiger partial charge < -0.3 is 26.4 Å². The Morgan fingerprint density at radius 3 is 1.97 bits per heavy atom. The summed E-state index contributed by atoms with van der Waals surface area (Å²) in [5.41, 5.74) is 0. The van der Waals surface area contributed by atoms with Crippen molar-refractivity contribution in [2.24, 2.45) is 11.8 Å². The van der Waals surface area contributed by atoms with Gasteiger partial charge in [0.15, 0.2) is 0 Å². The summed E-state index contributed by atoms with van der Waals surface area (Å²) < 4.78 is 0. The molecule has 0 saturated carbocycles. The maximum Gasteiger partial charge on any atom is 0.318 e. The minimum absolute atomic E-state index is 0.421. The Labute approximate surface area is 191 Å². The second-order valence-electron chi connectivity index (χ2n) is 8.73. The number of aliphatic hydroxyl groups excluding tert-OH is 1. The Morgan fingerprint density at radius 2 is 1.48 bits per heavy atom. The number of urea groups is 1. The van der Waals surface area contributed by atoms with Crippen molar-refractivity contribution in [1.82, 2.24) is 31.9 Å². The number of Topliss-reactive ketones (excluding diaryl/α,β-unsaturated/α-hetero) is 2. The second-order valence-corrected chi connectivity index (χ2v) is 8.73. The minimum atomic E-state index is -1.78. The lowest BCUT2D eigenvalue weighted by atomic mass is 9.91. The van der Waals surface area contributed by atoms with E-state index in [1.165, 1.54) is 6.92 Å². The van der Waals surface area contributed by atoms with Gasteiger partial charge in [-0.25, -0.2) is 4.79 Å². The minimum Gasteiger partial charge on any atom is -0.394 e. The second kappa shape index (κ2) is 10.3. The fraction of sp³-hybridized carbons (Fsp3) is 0.700. The molecule has 2 rings (SSSR count). The number of hydrogen-bond acceptors (Lipinski definition) is 8. The van der Waals surface area contributed by atoms with Crippen LogP contribution in [-0.2, 0) is 24.0 Å². The molecule has 0 bridgehead atoms. The Kier molecular flexibility index (Phi) is 8.14. The van der Waals surface area contributed by atoms with E-state index in [2.05, 4.69) is 31.9 Å². The van der Waals surface area contributed by atoms with Crippen LogP contribution in [0.25, 0.3) is 0 Å². The van der Waals surface area contributed by atoms with Gasteiger partial charge in [-0.05, 0) is 18.8 Å². The summed E-state index contributed by atoms with van der Waals surface area (Å²) in [7, 11) is 0. The Morgan fingerprint density at radius 1 is 0.879 bits per heavy atom.